The van der Waals surface area contributed by atoms with Crippen LogP contribution in [0.1, 0.15) is 0 Å². The Hall–Kier alpha value is -2.56. The van der Waals surface area contributed by atoms with Crippen LogP contribution in [0, 0.1) is 0 Å². The molecule has 0 fully saturated rings. The minimum Gasteiger partial charge on any atom is -0.399 e. The van der Waals surface area contributed by atoms with Crippen molar-refractivity contribution in [2.24, 2.45) is 0 Å². The lowest BCUT2D eigenvalue weighted by atomic mass is 10.2. The SMILES string of the molecule is Nc1ccn2nc(-c3ccccc3N)nc2c1. The van der Waals surface area contributed by atoms with Crippen LogP contribution in [0.3, 0.4) is 0 Å². The summed E-state index contributed by atoms with van der Waals surface area (Å²) in [6, 6.07) is 11.1. The average Bonchev–Trinajstić information content (AvgIpc) is 2.72. The first-order valence-electron chi connectivity index (χ1n) is 5.21. The summed E-state index contributed by atoms with van der Waals surface area (Å²) >= 11 is 0. The average molecular weight is 225 g/mol. The molecule has 5 nitrogen and oxygen atoms in total. The molecule has 2 aromatic heterocycles. The molecule has 4 N–H and O–H groups in total. The van der Waals surface area contributed by atoms with E-state index in [-0.39, 0.29) is 0 Å². The smallest absolute Gasteiger partial charge is 0.184 e. The number of rotatable bonds is 1. The zero-order valence-electron chi connectivity index (χ0n) is 9.04. The number of hydrogen-bond acceptors (Lipinski definition) is 4. The predicted molar refractivity (Wildman–Crippen MR) is 67.2 cm³/mol. The fourth-order valence-electron chi connectivity index (χ4n) is 1.71. The number of hydrogen-bond donors (Lipinski definition) is 2. The van der Waals surface area contributed by atoms with Gasteiger partial charge in [-0.2, -0.15) is 0 Å². The Kier molecular flexibility index (Phi) is 1.98. The lowest BCUT2D eigenvalue weighted by Crippen LogP contribution is -1.91. The molecule has 1 aromatic carbocycles. The Morgan fingerprint density at radius 2 is 1.88 bits per heavy atom. The standard InChI is InChI=1S/C12H11N5/c13-8-5-6-17-11(7-8)15-12(16-17)9-3-1-2-4-10(9)14/h1-7H,13-14H2. The number of anilines is 2. The summed E-state index contributed by atoms with van der Waals surface area (Å²) in [4.78, 5) is 4.40. The van der Waals surface area contributed by atoms with Crippen LogP contribution in [0.15, 0.2) is 42.6 Å². The Bertz CT molecular complexity index is 686. The molecular formula is C12H11N5. The molecule has 0 saturated heterocycles. The molecule has 0 radical (unpaired) electrons. The number of nitrogens with zero attached hydrogens (tertiary/aromatic N) is 3. The van der Waals surface area contributed by atoms with Crippen LogP contribution in [0.2, 0.25) is 0 Å². The number of aromatic nitrogens is 3. The molecule has 3 aromatic rings. The zero-order valence-corrected chi connectivity index (χ0v) is 9.04. The van der Waals surface area contributed by atoms with Crippen molar-refractivity contribution >= 4 is 17.0 Å². The molecule has 3 rings (SSSR count). The third-order valence-electron chi connectivity index (χ3n) is 2.56. The summed E-state index contributed by atoms with van der Waals surface area (Å²) in [6.07, 6.45) is 1.78. The van der Waals surface area contributed by atoms with Crippen molar-refractivity contribution in [3.05, 3.63) is 42.6 Å². The molecule has 0 saturated carbocycles. The second-order valence-corrected chi connectivity index (χ2v) is 3.79. The van der Waals surface area contributed by atoms with Crippen molar-refractivity contribution < 1.29 is 0 Å². The van der Waals surface area contributed by atoms with Crippen LogP contribution < -0.4 is 11.5 Å². The van der Waals surface area contributed by atoms with Crippen molar-refractivity contribution in [3.63, 3.8) is 0 Å². The molecule has 0 amide bonds. The number of nitrogen functional groups attached to an aromatic ring is 2. The maximum atomic E-state index is 5.89. The van der Waals surface area contributed by atoms with E-state index >= 15 is 0 Å². The first-order chi connectivity index (χ1) is 8.24. The minimum atomic E-state index is 0.605. The Labute approximate surface area is 97.7 Å². The first-order valence-corrected chi connectivity index (χ1v) is 5.21. The van der Waals surface area contributed by atoms with Gasteiger partial charge in [-0.1, -0.05) is 12.1 Å². The second-order valence-electron chi connectivity index (χ2n) is 3.79. The summed E-state index contributed by atoms with van der Waals surface area (Å²) in [5.41, 5.74) is 14.5. The molecule has 5 heteroatoms. The van der Waals surface area contributed by atoms with Crippen LogP contribution >= 0.6 is 0 Å². The molecule has 0 unspecified atom stereocenters. The number of para-hydroxylation sites is 1. The molecule has 0 aliphatic rings. The van der Waals surface area contributed by atoms with Crippen molar-refractivity contribution in [1.29, 1.82) is 0 Å². The molecule has 0 aliphatic carbocycles. The molecule has 17 heavy (non-hydrogen) atoms. The van der Waals surface area contributed by atoms with Gasteiger partial charge in [0.15, 0.2) is 11.5 Å². The summed E-state index contributed by atoms with van der Waals surface area (Å²) in [7, 11) is 0. The third-order valence-corrected chi connectivity index (χ3v) is 2.56. The van der Waals surface area contributed by atoms with Gasteiger partial charge in [0, 0.05) is 29.2 Å². The van der Waals surface area contributed by atoms with Gasteiger partial charge in [-0.3, -0.25) is 0 Å². The molecule has 2 heterocycles. The fraction of sp³-hybridized carbons (Fsp3) is 0. The van der Waals surface area contributed by atoms with E-state index in [1.165, 1.54) is 0 Å². The molecule has 0 atom stereocenters. The van der Waals surface area contributed by atoms with Gasteiger partial charge < -0.3 is 11.5 Å². The minimum absolute atomic E-state index is 0.605. The van der Waals surface area contributed by atoms with Gasteiger partial charge in [0.1, 0.15) is 0 Å². The number of benzene rings is 1. The maximum Gasteiger partial charge on any atom is 0.184 e. The van der Waals surface area contributed by atoms with E-state index in [2.05, 4.69) is 10.1 Å². The van der Waals surface area contributed by atoms with E-state index in [0.717, 1.165) is 5.56 Å². The molecular weight excluding hydrogens is 214 g/mol. The van der Waals surface area contributed by atoms with Crippen molar-refractivity contribution in [3.8, 4) is 11.4 Å². The van der Waals surface area contributed by atoms with Crippen LogP contribution in [0.4, 0.5) is 11.4 Å². The molecule has 84 valence electrons. The highest BCUT2D eigenvalue weighted by atomic mass is 15.3. The van der Waals surface area contributed by atoms with Gasteiger partial charge in [-0.25, -0.2) is 9.50 Å². The van der Waals surface area contributed by atoms with Gasteiger partial charge in [0.25, 0.3) is 0 Å². The lowest BCUT2D eigenvalue weighted by Gasteiger charge is -1.98. The number of fused-ring (bicyclic) bond motifs is 1. The quantitative estimate of drug-likeness (QED) is 0.616. The maximum absolute atomic E-state index is 5.89. The fourth-order valence-corrected chi connectivity index (χ4v) is 1.71. The highest BCUT2D eigenvalue weighted by Gasteiger charge is 2.08. The van der Waals surface area contributed by atoms with Crippen LogP contribution in [-0.4, -0.2) is 14.6 Å². The van der Waals surface area contributed by atoms with E-state index in [9.17, 15) is 0 Å². The molecule has 0 bridgehead atoms. The molecule has 0 aliphatic heterocycles. The molecule has 0 spiro atoms. The van der Waals surface area contributed by atoms with Gasteiger partial charge in [0.2, 0.25) is 0 Å². The van der Waals surface area contributed by atoms with Gasteiger partial charge in [-0.05, 0) is 18.2 Å². The Morgan fingerprint density at radius 3 is 2.71 bits per heavy atom. The summed E-state index contributed by atoms with van der Waals surface area (Å²) < 4.78 is 1.68. The largest absolute Gasteiger partial charge is 0.399 e. The van der Waals surface area contributed by atoms with E-state index in [1.54, 1.807) is 22.8 Å². The van der Waals surface area contributed by atoms with Gasteiger partial charge >= 0.3 is 0 Å². The van der Waals surface area contributed by atoms with Crippen LogP contribution in [0.5, 0.6) is 0 Å². The monoisotopic (exact) mass is 225 g/mol. The van der Waals surface area contributed by atoms with E-state index in [1.807, 2.05) is 24.3 Å². The summed E-state index contributed by atoms with van der Waals surface area (Å²) in [5, 5.41) is 4.35. The lowest BCUT2D eigenvalue weighted by molar-refractivity contribution is 0.967. The number of pyridine rings is 1. The van der Waals surface area contributed by atoms with Crippen LogP contribution in [-0.2, 0) is 0 Å². The first kappa shape index (κ1) is 9.65. The third kappa shape index (κ3) is 1.57. The van der Waals surface area contributed by atoms with Crippen molar-refractivity contribution in [2.45, 2.75) is 0 Å². The zero-order chi connectivity index (χ0) is 11.8. The summed E-state index contributed by atoms with van der Waals surface area (Å²) in [5.74, 6) is 0.605. The van der Waals surface area contributed by atoms with Crippen molar-refractivity contribution in [1.82, 2.24) is 14.6 Å². The van der Waals surface area contributed by atoms with E-state index in [4.69, 9.17) is 11.5 Å². The van der Waals surface area contributed by atoms with Gasteiger partial charge in [-0.15, -0.1) is 5.10 Å². The van der Waals surface area contributed by atoms with Crippen molar-refractivity contribution in [2.75, 3.05) is 11.5 Å². The number of nitrogens with two attached hydrogens (primary N) is 2. The van der Waals surface area contributed by atoms with Crippen LogP contribution in [0.25, 0.3) is 17.0 Å². The predicted octanol–water partition coefficient (Wildman–Crippen LogP) is 1.56. The summed E-state index contributed by atoms with van der Waals surface area (Å²) in [6.45, 7) is 0. The Balaban J connectivity index is 2.22. The second kappa shape index (κ2) is 3.48. The Morgan fingerprint density at radius 1 is 1.06 bits per heavy atom. The topological polar surface area (TPSA) is 82.2 Å². The highest BCUT2D eigenvalue weighted by Crippen LogP contribution is 2.22. The van der Waals surface area contributed by atoms with Gasteiger partial charge in [0.05, 0.1) is 0 Å². The normalized spacial score (nSPS) is 10.8. The highest BCUT2D eigenvalue weighted by molar-refractivity contribution is 5.72. The van der Waals surface area contributed by atoms with E-state index in [0.29, 0.717) is 22.8 Å². The van der Waals surface area contributed by atoms with E-state index < -0.39 is 0 Å².